The number of rotatable bonds is 1. The summed E-state index contributed by atoms with van der Waals surface area (Å²) in [5.41, 5.74) is 3.87. The van der Waals surface area contributed by atoms with Gasteiger partial charge in [0.05, 0.1) is 15.7 Å². The van der Waals surface area contributed by atoms with E-state index in [-0.39, 0.29) is 4.47 Å². The van der Waals surface area contributed by atoms with Gasteiger partial charge in [-0.05, 0) is 22.0 Å². The van der Waals surface area contributed by atoms with Gasteiger partial charge in [-0.3, -0.25) is 0 Å². The molecule has 0 heterocycles. The summed E-state index contributed by atoms with van der Waals surface area (Å²) >= 11 is 2.67. The highest BCUT2D eigenvalue weighted by atomic mass is 79.9. The number of nitrogen functional groups attached to an aromatic ring is 1. The summed E-state index contributed by atoms with van der Waals surface area (Å²) in [4.78, 5) is 10.4. The number of nitrogens with two attached hydrogens (primary N) is 1. The molecular formula is C7H4BrF2NO2. The Morgan fingerprint density at radius 1 is 1.46 bits per heavy atom. The molecule has 0 saturated heterocycles. The van der Waals surface area contributed by atoms with E-state index in [9.17, 15) is 13.6 Å². The second-order valence-corrected chi connectivity index (χ2v) is 3.11. The minimum atomic E-state index is -1.41. The number of hydrogen-bond donors (Lipinski definition) is 2. The molecule has 0 amide bonds. The molecular weight excluding hydrogens is 248 g/mol. The maximum absolute atomic E-state index is 12.8. The third-order valence-corrected chi connectivity index (χ3v) is 2.01. The lowest BCUT2D eigenvalue weighted by Gasteiger charge is -2.04. The van der Waals surface area contributed by atoms with Crippen LogP contribution in [0.1, 0.15) is 10.4 Å². The highest BCUT2D eigenvalue weighted by Crippen LogP contribution is 2.26. The zero-order chi connectivity index (χ0) is 10.2. The average Bonchev–Trinajstić information content (AvgIpc) is 2.07. The molecule has 0 spiro atoms. The van der Waals surface area contributed by atoms with Crippen LogP contribution in [0.15, 0.2) is 10.5 Å². The van der Waals surface area contributed by atoms with Crippen molar-refractivity contribution in [2.24, 2.45) is 0 Å². The summed E-state index contributed by atoms with van der Waals surface area (Å²) in [6, 6.07) is 0.913. The molecule has 0 fully saturated rings. The predicted octanol–water partition coefficient (Wildman–Crippen LogP) is 2.01. The van der Waals surface area contributed by atoms with Gasteiger partial charge in [0.25, 0.3) is 0 Å². The number of anilines is 1. The molecule has 1 rings (SSSR count). The van der Waals surface area contributed by atoms with E-state index in [2.05, 4.69) is 15.9 Å². The zero-order valence-corrected chi connectivity index (χ0v) is 7.73. The molecule has 0 aromatic heterocycles. The van der Waals surface area contributed by atoms with Gasteiger partial charge in [0, 0.05) is 0 Å². The Kier molecular flexibility index (Phi) is 2.51. The molecule has 70 valence electrons. The first-order valence-electron chi connectivity index (χ1n) is 3.11. The molecule has 1 aromatic rings. The van der Waals surface area contributed by atoms with Crippen molar-refractivity contribution in [3.63, 3.8) is 0 Å². The first-order valence-corrected chi connectivity index (χ1v) is 3.90. The van der Waals surface area contributed by atoms with Crippen LogP contribution in [-0.2, 0) is 0 Å². The Bertz CT molecular complexity index is 381. The number of carboxylic acids is 1. The van der Waals surface area contributed by atoms with Gasteiger partial charge < -0.3 is 10.8 Å². The fourth-order valence-corrected chi connectivity index (χ4v) is 1.19. The molecule has 3 N–H and O–H groups in total. The molecule has 0 atom stereocenters. The minimum Gasteiger partial charge on any atom is -0.478 e. The van der Waals surface area contributed by atoms with Crippen LogP contribution in [0.25, 0.3) is 0 Å². The largest absolute Gasteiger partial charge is 0.478 e. The summed E-state index contributed by atoms with van der Waals surface area (Å²) in [5.74, 6) is -3.95. The Balaban J connectivity index is 3.50. The first-order chi connectivity index (χ1) is 5.95. The van der Waals surface area contributed by atoms with Crippen molar-refractivity contribution < 1.29 is 18.7 Å². The SMILES string of the molecule is Nc1c(C(=O)O)cc(Br)c(F)c1F. The number of hydrogen-bond acceptors (Lipinski definition) is 2. The van der Waals surface area contributed by atoms with Crippen LogP contribution < -0.4 is 5.73 Å². The quantitative estimate of drug-likeness (QED) is 0.593. The van der Waals surface area contributed by atoms with Gasteiger partial charge >= 0.3 is 5.97 Å². The maximum atomic E-state index is 12.8. The molecule has 0 bridgehead atoms. The second kappa shape index (κ2) is 3.29. The summed E-state index contributed by atoms with van der Waals surface area (Å²) < 4.78 is 25.3. The topological polar surface area (TPSA) is 63.3 Å². The van der Waals surface area contributed by atoms with Gasteiger partial charge in [0.1, 0.15) is 0 Å². The Hall–Kier alpha value is -1.17. The van der Waals surface area contributed by atoms with Crippen molar-refractivity contribution in [3.05, 3.63) is 27.7 Å². The van der Waals surface area contributed by atoms with Gasteiger partial charge in [-0.2, -0.15) is 0 Å². The van der Waals surface area contributed by atoms with Crippen molar-refractivity contribution in [2.45, 2.75) is 0 Å². The highest BCUT2D eigenvalue weighted by molar-refractivity contribution is 9.10. The monoisotopic (exact) mass is 251 g/mol. The van der Waals surface area contributed by atoms with Crippen LogP contribution in [0.3, 0.4) is 0 Å². The standard InChI is InChI=1S/C7H4BrF2NO2/c8-3-1-2(7(12)13)6(11)5(10)4(3)9/h1H,11H2,(H,12,13). The van der Waals surface area contributed by atoms with E-state index >= 15 is 0 Å². The van der Waals surface area contributed by atoms with Crippen LogP contribution in [0.2, 0.25) is 0 Å². The van der Waals surface area contributed by atoms with E-state index in [1.165, 1.54) is 0 Å². The minimum absolute atomic E-state index is 0.267. The molecule has 1 aromatic carbocycles. The van der Waals surface area contributed by atoms with Crippen LogP contribution >= 0.6 is 15.9 Å². The predicted molar refractivity (Wildman–Crippen MR) is 45.4 cm³/mol. The molecule has 3 nitrogen and oxygen atoms in total. The first kappa shape index (κ1) is 9.91. The lowest BCUT2D eigenvalue weighted by Crippen LogP contribution is -2.06. The zero-order valence-electron chi connectivity index (χ0n) is 6.14. The van der Waals surface area contributed by atoms with Crippen molar-refractivity contribution in [1.82, 2.24) is 0 Å². The van der Waals surface area contributed by atoms with Crippen molar-refractivity contribution in [1.29, 1.82) is 0 Å². The number of halogens is 3. The van der Waals surface area contributed by atoms with Crippen molar-refractivity contribution in [2.75, 3.05) is 5.73 Å². The van der Waals surface area contributed by atoms with E-state index in [4.69, 9.17) is 10.8 Å². The maximum Gasteiger partial charge on any atom is 0.337 e. The molecule has 0 saturated carbocycles. The number of carbonyl (C=O) groups is 1. The van der Waals surface area contributed by atoms with Gasteiger partial charge in [-0.25, -0.2) is 13.6 Å². The smallest absolute Gasteiger partial charge is 0.337 e. The van der Waals surface area contributed by atoms with Gasteiger partial charge in [0.15, 0.2) is 11.6 Å². The molecule has 13 heavy (non-hydrogen) atoms. The molecule has 0 unspecified atom stereocenters. The van der Waals surface area contributed by atoms with E-state index in [1.54, 1.807) is 0 Å². The fraction of sp³-hybridized carbons (Fsp3) is 0. The number of benzene rings is 1. The average molecular weight is 252 g/mol. The lowest BCUT2D eigenvalue weighted by atomic mass is 10.1. The normalized spacial score (nSPS) is 10.1. The van der Waals surface area contributed by atoms with Crippen LogP contribution in [-0.4, -0.2) is 11.1 Å². The second-order valence-electron chi connectivity index (χ2n) is 2.25. The van der Waals surface area contributed by atoms with E-state index in [0.29, 0.717) is 0 Å². The summed E-state index contributed by atoms with van der Waals surface area (Å²) in [5, 5.41) is 8.52. The summed E-state index contributed by atoms with van der Waals surface area (Å²) in [6.45, 7) is 0. The number of carboxylic acid groups (broad SMARTS) is 1. The van der Waals surface area contributed by atoms with Gasteiger partial charge in [-0.15, -0.1) is 0 Å². The molecule has 0 radical (unpaired) electrons. The molecule has 6 heteroatoms. The third kappa shape index (κ3) is 1.62. The molecule has 0 aliphatic carbocycles. The van der Waals surface area contributed by atoms with Crippen LogP contribution in [0, 0.1) is 11.6 Å². The van der Waals surface area contributed by atoms with E-state index < -0.39 is 28.9 Å². The lowest BCUT2D eigenvalue weighted by molar-refractivity contribution is 0.0697. The molecule has 0 aliphatic heterocycles. The Morgan fingerprint density at radius 3 is 2.46 bits per heavy atom. The number of aromatic carboxylic acids is 1. The summed E-state index contributed by atoms with van der Waals surface area (Å²) in [7, 11) is 0. The van der Waals surface area contributed by atoms with Gasteiger partial charge in [0.2, 0.25) is 0 Å². The van der Waals surface area contributed by atoms with E-state index in [0.717, 1.165) is 6.07 Å². The fourth-order valence-electron chi connectivity index (χ4n) is 0.786. The summed E-state index contributed by atoms with van der Waals surface area (Å²) in [6.07, 6.45) is 0. The van der Waals surface area contributed by atoms with Gasteiger partial charge in [-0.1, -0.05) is 0 Å². The van der Waals surface area contributed by atoms with Crippen LogP contribution in [0.5, 0.6) is 0 Å². The van der Waals surface area contributed by atoms with E-state index in [1.807, 2.05) is 0 Å². The Labute approximate surface area is 80.3 Å². The Morgan fingerprint density at radius 2 is 2.00 bits per heavy atom. The van der Waals surface area contributed by atoms with Crippen molar-refractivity contribution >= 4 is 27.6 Å². The highest BCUT2D eigenvalue weighted by Gasteiger charge is 2.18. The third-order valence-electron chi connectivity index (χ3n) is 1.43. The van der Waals surface area contributed by atoms with Crippen molar-refractivity contribution in [3.8, 4) is 0 Å². The molecule has 0 aliphatic rings. The van der Waals surface area contributed by atoms with Crippen LogP contribution in [0.4, 0.5) is 14.5 Å².